The highest BCUT2D eigenvalue weighted by Crippen LogP contribution is 2.18. The van der Waals surface area contributed by atoms with Gasteiger partial charge in [-0.25, -0.2) is 4.72 Å². The molecule has 2 N–H and O–H groups in total. The van der Waals surface area contributed by atoms with E-state index in [-0.39, 0.29) is 12.5 Å². The van der Waals surface area contributed by atoms with Gasteiger partial charge in [0, 0.05) is 31.5 Å². The molecule has 1 rings (SSSR count). The van der Waals surface area contributed by atoms with Crippen LogP contribution in [0, 0.1) is 5.92 Å². The first-order valence-electron chi connectivity index (χ1n) is 6.38. The second-order valence-corrected chi connectivity index (χ2v) is 7.81. The fourth-order valence-electron chi connectivity index (χ4n) is 1.99. The second-order valence-electron chi connectivity index (χ2n) is 4.78. The molecule has 0 bridgehead atoms. The number of aliphatic hydroxyl groups is 1. The summed E-state index contributed by atoms with van der Waals surface area (Å²) in [6.07, 6.45) is 4.59. The van der Waals surface area contributed by atoms with E-state index < -0.39 is 10.2 Å². The van der Waals surface area contributed by atoms with Gasteiger partial charge in [-0.05, 0) is 31.4 Å². The number of thioether (sulfide) groups is 1. The van der Waals surface area contributed by atoms with Crippen LogP contribution in [-0.4, -0.2) is 55.6 Å². The largest absolute Gasteiger partial charge is 0.396 e. The van der Waals surface area contributed by atoms with E-state index in [4.69, 9.17) is 5.11 Å². The minimum atomic E-state index is -3.37. The molecule has 0 aromatic heterocycles. The molecule has 0 aliphatic carbocycles. The predicted molar refractivity (Wildman–Crippen MR) is 75.9 cm³/mol. The van der Waals surface area contributed by atoms with E-state index in [1.54, 1.807) is 11.8 Å². The third-order valence-electron chi connectivity index (χ3n) is 3.32. The van der Waals surface area contributed by atoms with Crippen LogP contribution < -0.4 is 4.72 Å². The Morgan fingerprint density at radius 1 is 1.56 bits per heavy atom. The first-order chi connectivity index (χ1) is 8.49. The molecule has 1 saturated heterocycles. The molecule has 108 valence electrons. The summed E-state index contributed by atoms with van der Waals surface area (Å²) in [4.78, 5) is 0. The Morgan fingerprint density at radius 3 is 2.89 bits per heavy atom. The minimum Gasteiger partial charge on any atom is -0.396 e. The molecule has 5 nitrogen and oxygen atoms in total. The van der Waals surface area contributed by atoms with E-state index in [0.717, 1.165) is 19.3 Å². The fraction of sp³-hybridized carbons (Fsp3) is 1.00. The molecule has 7 heteroatoms. The summed E-state index contributed by atoms with van der Waals surface area (Å²) in [6.45, 7) is 3.62. The zero-order valence-corrected chi connectivity index (χ0v) is 12.8. The summed E-state index contributed by atoms with van der Waals surface area (Å²) in [5.41, 5.74) is 0. The van der Waals surface area contributed by atoms with Gasteiger partial charge >= 0.3 is 0 Å². The van der Waals surface area contributed by atoms with Gasteiger partial charge < -0.3 is 5.11 Å². The topological polar surface area (TPSA) is 69.6 Å². The molecule has 0 saturated carbocycles. The van der Waals surface area contributed by atoms with Crippen molar-refractivity contribution < 1.29 is 13.5 Å². The monoisotopic (exact) mass is 296 g/mol. The summed E-state index contributed by atoms with van der Waals surface area (Å²) in [6, 6.07) is 0. The average Bonchev–Trinajstić information content (AvgIpc) is 2.38. The van der Waals surface area contributed by atoms with Gasteiger partial charge in [-0.15, -0.1) is 0 Å². The SMILES string of the molecule is CSC(C)CCNS(=O)(=O)N1CCCC(CO)C1. The van der Waals surface area contributed by atoms with Gasteiger partial charge in [0.15, 0.2) is 0 Å². The summed E-state index contributed by atoms with van der Waals surface area (Å²) < 4.78 is 28.2. The zero-order chi connectivity index (χ0) is 13.6. The molecule has 18 heavy (non-hydrogen) atoms. The van der Waals surface area contributed by atoms with Gasteiger partial charge in [-0.1, -0.05) is 6.92 Å². The van der Waals surface area contributed by atoms with E-state index in [0.29, 0.717) is 24.9 Å². The van der Waals surface area contributed by atoms with Gasteiger partial charge in [0.25, 0.3) is 10.2 Å². The van der Waals surface area contributed by atoms with Gasteiger partial charge in [-0.2, -0.15) is 24.5 Å². The lowest BCUT2D eigenvalue weighted by molar-refractivity contribution is 0.165. The maximum atomic E-state index is 12.0. The Bertz CT molecular complexity index is 335. The third kappa shape index (κ3) is 5.05. The lowest BCUT2D eigenvalue weighted by Crippen LogP contribution is -2.47. The molecule has 0 aromatic rings. The molecule has 2 atom stereocenters. The van der Waals surface area contributed by atoms with Crippen molar-refractivity contribution in [3.05, 3.63) is 0 Å². The number of hydrogen-bond donors (Lipinski definition) is 2. The van der Waals surface area contributed by atoms with Crippen LogP contribution in [-0.2, 0) is 10.2 Å². The Hall–Kier alpha value is 0.180. The maximum absolute atomic E-state index is 12.0. The lowest BCUT2D eigenvalue weighted by atomic mass is 10.0. The molecule has 1 heterocycles. The highest BCUT2D eigenvalue weighted by atomic mass is 32.2. The summed E-state index contributed by atoms with van der Waals surface area (Å²) in [5, 5.41) is 9.57. The van der Waals surface area contributed by atoms with E-state index in [2.05, 4.69) is 11.6 Å². The van der Waals surface area contributed by atoms with Gasteiger partial charge in [0.05, 0.1) is 0 Å². The molecule has 1 aliphatic rings. The zero-order valence-electron chi connectivity index (χ0n) is 11.1. The molecule has 1 fully saturated rings. The maximum Gasteiger partial charge on any atom is 0.279 e. The number of hydrogen-bond acceptors (Lipinski definition) is 4. The van der Waals surface area contributed by atoms with Crippen LogP contribution in [0.4, 0.5) is 0 Å². The quantitative estimate of drug-likeness (QED) is 0.724. The molecule has 0 amide bonds. The Morgan fingerprint density at radius 2 is 2.28 bits per heavy atom. The van der Waals surface area contributed by atoms with E-state index in [1.165, 1.54) is 4.31 Å². The minimum absolute atomic E-state index is 0.0650. The van der Waals surface area contributed by atoms with Crippen molar-refractivity contribution in [1.82, 2.24) is 9.03 Å². The van der Waals surface area contributed by atoms with Crippen molar-refractivity contribution in [2.24, 2.45) is 5.92 Å². The number of nitrogens with zero attached hydrogens (tertiary/aromatic N) is 1. The van der Waals surface area contributed by atoms with Crippen molar-refractivity contribution >= 4 is 22.0 Å². The average molecular weight is 296 g/mol. The van der Waals surface area contributed by atoms with Crippen LogP contribution >= 0.6 is 11.8 Å². The molecule has 0 spiro atoms. The number of rotatable bonds is 7. The van der Waals surface area contributed by atoms with Crippen LogP contribution in [0.1, 0.15) is 26.2 Å². The fourth-order valence-corrected chi connectivity index (χ4v) is 3.68. The van der Waals surface area contributed by atoms with Crippen LogP contribution in [0.5, 0.6) is 0 Å². The Balaban J connectivity index is 2.42. The van der Waals surface area contributed by atoms with E-state index in [1.807, 2.05) is 6.26 Å². The standard InChI is InChI=1S/C11H24N2O3S2/c1-10(17-2)5-6-12-18(15,16)13-7-3-4-11(8-13)9-14/h10-12,14H,3-9H2,1-2H3. The molecule has 0 radical (unpaired) electrons. The van der Waals surface area contributed by atoms with E-state index in [9.17, 15) is 8.42 Å². The van der Waals surface area contributed by atoms with Gasteiger partial charge in [0.2, 0.25) is 0 Å². The normalized spacial score (nSPS) is 24.1. The predicted octanol–water partition coefficient (Wildman–Crippen LogP) is 0.667. The molecule has 0 aromatic carbocycles. The number of nitrogens with one attached hydrogen (secondary N) is 1. The highest BCUT2D eigenvalue weighted by Gasteiger charge is 2.28. The first kappa shape index (κ1) is 16.2. The van der Waals surface area contributed by atoms with Crippen molar-refractivity contribution in [3.8, 4) is 0 Å². The Labute approximate surface area is 115 Å². The summed E-state index contributed by atoms with van der Waals surface area (Å²) in [7, 11) is -3.37. The van der Waals surface area contributed by atoms with Gasteiger partial charge in [-0.3, -0.25) is 0 Å². The number of aliphatic hydroxyl groups excluding tert-OH is 1. The first-order valence-corrected chi connectivity index (χ1v) is 9.10. The van der Waals surface area contributed by atoms with Gasteiger partial charge in [0.1, 0.15) is 0 Å². The van der Waals surface area contributed by atoms with Crippen LogP contribution in [0.2, 0.25) is 0 Å². The molecular formula is C11H24N2O3S2. The summed E-state index contributed by atoms with van der Waals surface area (Å²) >= 11 is 1.73. The molecule has 2 unspecified atom stereocenters. The number of piperidine rings is 1. The Kier molecular flexibility index (Phi) is 6.94. The van der Waals surface area contributed by atoms with Crippen molar-refractivity contribution in [3.63, 3.8) is 0 Å². The van der Waals surface area contributed by atoms with Crippen molar-refractivity contribution in [2.45, 2.75) is 31.4 Å². The van der Waals surface area contributed by atoms with Crippen LogP contribution in [0.15, 0.2) is 0 Å². The van der Waals surface area contributed by atoms with Crippen molar-refractivity contribution in [1.29, 1.82) is 0 Å². The lowest BCUT2D eigenvalue weighted by Gasteiger charge is -2.31. The van der Waals surface area contributed by atoms with E-state index >= 15 is 0 Å². The van der Waals surface area contributed by atoms with Crippen molar-refractivity contribution in [2.75, 3.05) is 32.5 Å². The second kappa shape index (κ2) is 7.69. The van der Waals surface area contributed by atoms with Crippen LogP contribution in [0.25, 0.3) is 0 Å². The highest BCUT2D eigenvalue weighted by molar-refractivity contribution is 7.99. The molecule has 1 aliphatic heterocycles. The van der Waals surface area contributed by atoms with Crippen LogP contribution in [0.3, 0.4) is 0 Å². The molecular weight excluding hydrogens is 272 g/mol. The smallest absolute Gasteiger partial charge is 0.279 e. The summed E-state index contributed by atoms with van der Waals surface area (Å²) in [5.74, 6) is 0.0837. The third-order valence-corrected chi connectivity index (χ3v) is 5.94.